The Morgan fingerprint density at radius 2 is 1.77 bits per heavy atom. The monoisotopic (exact) mass is 438 g/mol. The van der Waals surface area contributed by atoms with E-state index in [1.54, 1.807) is 61.5 Å². The summed E-state index contributed by atoms with van der Waals surface area (Å²) in [5, 5.41) is 7.50. The molecule has 0 spiro atoms. The molecule has 0 bridgehead atoms. The Bertz CT molecular complexity index is 1030. The summed E-state index contributed by atoms with van der Waals surface area (Å²) >= 11 is 1.38. The van der Waals surface area contributed by atoms with Crippen molar-refractivity contribution in [2.24, 2.45) is 0 Å². The number of anilines is 1. The van der Waals surface area contributed by atoms with Crippen molar-refractivity contribution >= 4 is 34.8 Å². The van der Waals surface area contributed by atoms with Crippen LogP contribution in [0.5, 0.6) is 5.75 Å². The van der Waals surface area contributed by atoms with Crippen molar-refractivity contribution in [3.63, 3.8) is 0 Å². The maximum Gasteiger partial charge on any atom is 0.344 e. The fourth-order valence-electron chi connectivity index (χ4n) is 2.66. The molecule has 1 aromatic heterocycles. The first-order chi connectivity index (χ1) is 15.0. The van der Waals surface area contributed by atoms with Crippen LogP contribution in [0, 0.1) is 0 Å². The zero-order valence-corrected chi connectivity index (χ0v) is 17.7. The van der Waals surface area contributed by atoms with Gasteiger partial charge in [0.2, 0.25) is 0 Å². The lowest BCUT2D eigenvalue weighted by Gasteiger charge is -2.09. The molecule has 0 radical (unpaired) electrons. The lowest BCUT2D eigenvalue weighted by atomic mass is 10.1. The Labute approximate surface area is 184 Å². The largest absolute Gasteiger partial charge is 0.482 e. The summed E-state index contributed by atoms with van der Waals surface area (Å²) in [6.45, 7) is 2.19. The average Bonchev–Trinajstić information content (AvgIpc) is 3.32. The van der Waals surface area contributed by atoms with Gasteiger partial charge < -0.3 is 20.1 Å². The molecule has 8 heteroatoms. The van der Waals surface area contributed by atoms with Crippen LogP contribution in [0.25, 0.3) is 0 Å². The van der Waals surface area contributed by atoms with Gasteiger partial charge in [0.25, 0.3) is 11.8 Å². The summed E-state index contributed by atoms with van der Waals surface area (Å²) in [4.78, 5) is 36.6. The van der Waals surface area contributed by atoms with Crippen LogP contribution in [0.4, 0.5) is 5.69 Å². The molecule has 0 unspecified atom stereocenters. The van der Waals surface area contributed by atoms with Crippen LogP contribution in [0.2, 0.25) is 0 Å². The zero-order chi connectivity index (χ0) is 22.1. The number of thiophene rings is 1. The Hall–Kier alpha value is -3.65. The topological polar surface area (TPSA) is 93.7 Å². The van der Waals surface area contributed by atoms with Crippen molar-refractivity contribution in [1.29, 1.82) is 0 Å². The molecule has 0 saturated heterocycles. The Balaban J connectivity index is 1.53. The van der Waals surface area contributed by atoms with Gasteiger partial charge in [-0.1, -0.05) is 24.3 Å². The standard InChI is InChI=1S/C23H22N2O5S/c1-2-29-21(26)15-30-19-6-3-5-18(13-19)25-22(27)17-10-8-16(9-11-17)14-24-23(28)20-7-4-12-31-20/h3-13H,2,14-15H2,1H3,(H,24,28)(H,25,27). The van der Waals surface area contributed by atoms with Gasteiger partial charge in [-0.15, -0.1) is 11.3 Å². The summed E-state index contributed by atoms with van der Waals surface area (Å²) in [6.07, 6.45) is 0. The summed E-state index contributed by atoms with van der Waals surface area (Å²) < 4.78 is 10.2. The molecule has 2 aromatic carbocycles. The summed E-state index contributed by atoms with van der Waals surface area (Å²) in [5.74, 6) is -0.412. The fourth-order valence-corrected chi connectivity index (χ4v) is 3.30. The van der Waals surface area contributed by atoms with Gasteiger partial charge in [-0.05, 0) is 48.2 Å². The third-order valence-corrected chi connectivity index (χ3v) is 5.04. The minimum atomic E-state index is -0.455. The second-order valence-electron chi connectivity index (χ2n) is 6.43. The maximum atomic E-state index is 12.5. The van der Waals surface area contributed by atoms with E-state index in [4.69, 9.17) is 9.47 Å². The van der Waals surface area contributed by atoms with E-state index in [1.807, 2.05) is 11.4 Å². The predicted octanol–water partition coefficient (Wildman–Crippen LogP) is 3.87. The summed E-state index contributed by atoms with van der Waals surface area (Å²) in [6, 6.07) is 17.3. The first kappa shape index (κ1) is 22.0. The number of esters is 1. The van der Waals surface area contributed by atoms with E-state index in [0.717, 1.165) is 5.56 Å². The van der Waals surface area contributed by atoms with Crippen molar-refractivity contribution in [1.82, 2.24) is 5.32 Å². The second kappa shape index (κ2) is 10.9. The molecule has 0 atom stereocenters. The molecule has 2 N–H and O–H groups in total. The molecule has 160 valence electrons. The van der Waals surface area contributed by atoms with E-state index in [1.165, 1.54) is 11.3 Å². The van der Waals surface area contributed by atoms with Crippen molar-refractivity contribution < 1.29 is 23.9 Å². The maximum absolute atomic E-state index is 12.5. The Morgan fingerprint density at radius 1 is 0.968 bits per heavy atom. The molecule has 0 fully saturated rings. The minimum Gasteiger partial charge on any atom is -0.482 e. The number of benzene rings is 2. The quantitative estimate of drug-likeness (QED) is 0.495. The number of hydrogen-bond acceptors (Lipinski definition) is 6. The van der Waals surface area contributed by atoms with E-state index in [0.29, 0.717) is 28.4 Å². The predicted molar refractivity (Wildman–Crippen MR) is 118 cm³/mol. The lowest BCUT2D eigenvalue weighted by Crippen LogP contribution is -2.21. The molecular weight excluding hydrogens is 416 g/mol. The second-order valence-corrected chi connectivity index (χ2v) is 7.38. The molecule has 31 heavy (non-hydrogen) atoms. The highest BCUT2D eigenvalue weighted by molar-refractivity contribution is 7.12. The molecular formula is C23H22N2O5S. The van der Waals surface area contributed by atoms with Crippen molar-refractivity contribution in [2.75, 3.05) is 18.5 Å². The van der Waals surface area contributed by atoms with E-state index >= 15 is 0 Å². The van der Waals surface area contributed by atoms with Crippen LogP contribution in [0.15, 0.2) is 66.0 Å². The minimum absolute atomic E-state index is 0.123. The van der Waals surface area contributed by atoms with Crippen LogP contribution < -0.4 is 15.4 Å². The molecule has 0 saturated carbocycles. The van der Waals surface area contributed by atoms with Gasteiger partial charge in [-0.3, -0.25) is 9.59 Å². The Kier molecular flexibility index (Phi) is 7.78. The number of nitrogens with one attached hydrogen (secondary N) is 2. The van der Waals surface area contributed by atoms with E-state index in [2.05, 4.69) is 10.6 Å². The third kappa shape index (κ3) is 6.68. The molecule has 3 rings (SSSR count). The van der Waals surface area contributed by atoms with E-state index in [-0.39, 0.29) is 25.0 Å². The van der Waals surface area contributed by atoms with Gasteiger partial charge in [-0.2, -0.15) is 0 Å². The molecule has 0 aliphatic heterocycles. The van der Waals surface area contributed by atoms with Crippen molar-refractivity contribution in [3.8, 4) is 5.75 Å². The van der Waals surface area contributed by atoms with Crippen LogP contribution in [-0.2, 0) is 16.1 Å². The number of rotatable bonds is 9. The first-order valence-corrected chi connectivity index (χ1v) is 10.5. The number of amides is 2. The fraction of sp³-hybridized carbons (Fsp3) is 0.174. The zero-order valence-electron chi connectivity index (χ0n) is 16.9. The summed E-state index contributed by atoms with van der Waals surface area (Å²) in [5.41, 5.74) is 1.90. The molecule has 0 aliphatic rings. The van der Waals surface area contributed by atoms with Crippen LogP contribution >= 0.6 is 11.3 Å². The van der Waals surface area contributed by atoms with Gasteiger partial charge >= 0.3 is 5.97 Å². The number of hydrogen-bond donors (Lipinski definition) is 2. The van der Waals surface area contributed by atoms with E-state index in [9.17, 15) is 14.4 Å². The number of carbonyl (C=O) groups is 3. The SMILES string of the molecule is CCOC(=O)COc1cccc(NC(=O)c2ccc(CNC(=O)c3cccs3)cc2)c1. The van der Waals surface area contributed by atoms with Gasteiger partial charge in [0.05, 0.1) is 11.5 Å². The number of ether oxygens (including phenoxy) is 2. The third-order valence-electron chi connectivity index (χ3n) is 4.17. The van der Waals surface area contributed by atoms with Gasteiger partial charge in [0, 0.05) is 23.9 Å². The van der Waals surface area contributed by atoms with Crippen molar-refractivity contribution in [3.05, 3.63) is 82.0 Å². The van der Waals surface area contributed by atoms with Gasteiger partial charge in [0.1, 0.15) is 5.75 Å². The Morgan fingerprint density at radius 3 is 2.48 bits per heavy atom. The smallest absolute Gasteiger partial charge is 0.344 e. The lowest BCUT2D eigenvalue weighted by molar-refractivity contribution is -0.145. The molecule has 3 aromatic rings. The average molecular weight is 439 g/mol. The molecule has 2 amide bonds. The highest BCUT2D eigenvalue weighted by Gasteiger charge is 2.09. The van der Waals surface area contributed by atoms with Gasteiger partial charge in [-0.25, -0.2) is 4.79 Å². The molecule has 7 nitrogen and oxygen atoms in total. The van der Waals surface area contributed by atoms with Crippen molar-refractivity contribution in [2.45, 2.75) is 13.5 Å². The number of carbonyl (C=O) groups excluding carboxylic acids is 3. The highest BCUT2D eigenvalue weighted by atomic mass is 32.1. The van der Waals surface area contributed by atoms with Crippen LogP contribution in [0.1, 0.15) is 32.5 Å². The van der Waals surface area contributed by atoms with Gasteiger partial charge in [0.15, 0.2) is 6.61 Å². The van der Waals surface area contributed by atoms with E-state index < -0.39 is 5.97 Å². The first-order valence-electron chi connectivity index (χ1n) is 9.65. The molecule has 1 heterocycles. The van der Waals surface area contributed by atoms with Crippen LogP contribution in [0.3, 0.4) is 0 Å². The highest BCUT2D eigenvalue weighted by Crippen LogP contribution is 2.18. The molecule has 0 aliphatic carbocycles. The summed E-state index contributed by atoms with van der Waals surface area (Å²) in [7, 11) is 0. The normalized spacial score (nSPS) is 10.2. The van der Waals surface area contributed by atoms with Crippen LogP contribution in [-0.4, -0.2) is 31.0 Å².